The number of carbonyl (C=O) groups excluding carboxylic acids is 1. The van der Waals surface area contributed by atoms with Crippen LogP contribution in [0.2, 0.25) is 0 Å². The summed E-state index contributed by atoms with van der Waals surface area (Å²) < 4.78 is 25.1. The maximum atomic E-state index is 12.8. The van der Waals surface area contributed by atoms with Crippen LogP contribution in [0.3, 0.4) is 0 Å². The SMILES string of the molecule is Cc1ccc(C(NC(=O)c2ccc(CS(=O)(=O)c3ccccc3)cc2)C2CC2)cc1. The first-order valence-electron chi connectivity index (χ1n) is 10.2. The predicted octanol–water partition coefficient (Wildman–Crippen LogP) is 4.85. The van der Waals surface area contributed by atoms with E-state index in [2.05, 4.69) is 29.6 Å². The molecular weight excluding hydrogens is 394 g/mol. The fourth-order valence-electron chi connectivity index (χ4n) is 3.58. The Hall–Kier alpha value is -2.92. The van der Waals surface area contributed by atoms with Gasteiger partial charge in [0.05, 0.1) is 16.7 Å². The Morgan fingerprint density at radius 2 is 1.57 bits per heavy atom. The summed E-state index contributed by atoms with van der Waals surface area (Å²) in [5.41, 5.74) is 3.52. The summed E-state index contributed by atoms with van der Waals surface area (Å²) in [6.45, 7) is 2.05. The monoisotopic (exact) mass is 419 g/mol. The molecular formula is C25H25NO3S. The molecule has 0 spiro atoms. The molecule has 4 nitrogen and oxygen atoms in total. The van der Waals surface area contributed by atoms with Crippen LogP contribution in [0.4, 0.5) is 0 Å². The van der Waals surface area contributed by atoms with E-state index in [4.69, 9.17) is 0 Å². The lowest BCUT2D eigenvalue weighted by Gasteiger charge is -2.19. The second-order valence-electron chi connectivity index (χ2n) is 7.97. The van der Waals surface area contributed by atoms with E-state index < -0.39 is 9.84 Å². The van der Waals surface area contributed by atoms with E-state index in [1.165, 1.54) is 5.56 Å². The van der Waals surface area contributed by atoms with Crippen molar-refractivity contribution >= 4 is 15.7 Å². The zero-order chi connectivity index (χ0) is 21.1. The van der Waals surface area contributed by atoms with Gasteiger partial charge in [0.15, 0.2) is 9.84 Å². The predicted molar refractivity (Wildman–Crippen MR) is 118 cm³/mol. The van der Waals surface area contributed by atoms with Crippen LogP contribution >= 0.6 is 0 Å². The van der Waals surface area contributed by atoms with Crippen molar-refractivity contribution in [3.05, 3.63) is 101 Å². The minimum absolute atomic E-state index is 0.0104. The van der Waals surface area contributed by atoms with Crippen molar-refractivity contribution in [1.29, 1.82) is 0 Å². The molecule has 1 atom stereocenters. The molecule has 0 radical (unpaired) electrons. The van der Waals surface area contributed by atoms with Crippen molar-refractivity contribution in [3.63, 3.8) is 0 Å². The summed E-state index contributed by atoms with van der Waals surface area (Å²) in [6.07, 6.45) is 2.24. The molecule has 5 heteroatoms. The maximum Gasteiger partial charge on any atom is 0.251 e. The van der Waals surface area contributed by atoms with Crippen LogP contribution in [-0.2, 0) is 15.6 Å². The number of amides is 1. The van der Waals surface area contributed by atoms with Gasteiger partial charge in [-0.25, -0.2) is 8.42 Å². The number of hydrogen-bond donors (Lipinski definition) is 1. The molecule has 1 fully saturated rings. The number of sulfone groups is 1. The molecule has 3 aromatic rings. The van der Waals surface area contributed by atoms with Crippen molar-refractivity contribution in [2.24, 2.45) is 5.92 Å². The summed E-state index contributed by atoms with van der Waals surface area (Å²) >= 11 is 0. The van der Waals surface area contributed by atoms with Gasteiger partial charge < -0.3 is 5.32 Å². The van der Waals surface area contributed by atoms with Gasteiger partial charge >= 0.3 is 0 Å². The van der Waals surface area contributed by atoms with Crippen LogP contribution in [-0.4, -0.2) is 14.3 Å². The normalized spacial score (nSPS) is 14.8. The largest absolute Gasteiger partial charge is 0.345 e. The quantitative estimate of drug-likeness (QED) is 0.595. The van der Waals surface area contributed by atoms with Crippen molar-refractivity contribution in [3.8, 4) is 0 Å². The third-order valence-corrected chi connectivity index (χ3v) is 7.20. The Morgan fingerprint density at radius 3 is 2.17 bits per heavy atom. The molecule has 1 unspecified atom stereocenters. The minimum atomic E-state index is -3.41. The van der Waals surface area contributed by atoms with E-state index in [-0.39, 0.29) is 17.7 Å². The van der Waals surface area contributed by atoms with Gasteiger partial charge in [-0.3, -0.25) is 4.79 Å². The number of hydrogen-bond acceptors (Lipinski definition) is 3. The Bertz CT molecular complexity index is 1120. The van der Waals surface area contributed by atoms with E-state index in [0.717, 1.165) is 18.4 Å². The highest BCUT2D eigenvalue weighted by Gasteiger charge is 2.33. The molecule has 0 aliphatic heterocycles. The topological polar surface area (TPSA) is 63.2 Å². The first kappa shape index (κ1) is 20.4. The third kappa shape index (κ3) is 4.79. The van der Waals surface area contributed by atoms with E-state index in [0.29, 0.717) is 21.9 Å². The van der Waals surface area contributed by atoms with Crippen molar-refractivity contribution in [2.45, 2.75) is 36.5 Å². The third-order valence-electron chi connectivity index (χ3n) is 5.49. The average Bonchev–Trinajstić information content (AvgIpc) is 3.59. The lowest BCUT2D eigenvalue weighted by molar-refractivity contribution is 0.0931. The first-order valence-corrected chi connectivity index (χ1v) is 11.8. The van der Waals surface area contributed by atoms with Crippen LogP contribution < -0.4 is 5.32 Å². The van der Waals surface area contributed by atoms with Gasteiger partial charge in [0.1, 0.15) is 0 Å². The highest BCUT2D eigenvalue weighted by Crippen LogP contribution is 2.41. The highest BCUT2D eigenvalue weighted by atomic mass is 32.2. The smallest absolute Gasteiger partial charge is 0.251 e. The van der Waals surface area contributed by atoms with Crippen LogP contribution in [0.15, 0.2) is 83.8 Å². The van der Waals surface area contributed by atoms with Crippen molar-refractivity contribution in [2.75, 3.05) is 0 Å². The summed E-state index contributed by atoms with van der Waals surface area (Å²) in [5.74, 6) is 0.254. The molecule has 0 saturated heterocycles. The van der Waals surface area contributed by atoms with Crippen LogP contribution in [0.25, 0.3) is 0 Å². The van der Waals surface area contributed by atoms with Gasteiger partial charge in [-0.2, -0.15) is 0 Å². The number of aryl methyl sites for hydroxylation is 1. The molecule has 154 valence electrons. The maximum absolute atomic E-state index is 12.8. The Balaban J connectivity index is 1.45. The van der Waals surface area contributed by atoms with E-state index in [1.807, 2.05) is 6.92 Å². The molecule has 4 rings (SSSR count). The fourth-order valence-corrected chi connectivity index (χ4v) is 4.95. The lowest BCUT2D eigenvalue weighted by Crippen LogP contribution is -2.29. The second-order valence-corrected chi connectivity index (χ2v) is 9.96. The van der Waals surface area contributed by atoms with E-state index in [1.54, 1.807) is 54.6 Å². The summed E-state index contributed by atoms with van der Waals surface area (Å²) in [5, 5.41) is 3.17. The molecule has 3 aromatic carbocycles. The number of rotatable bonds is 7. The van der Waals surface area contributed by atoms with Gasteiger partial charge in [0.25, 0.3) is 5.91 Å². The average molecular weight is 420 g/mol. The minimum Gasteiger partial charge on any atom is -0.345 e. The molecule has 30 heavy (non-hydrogen) atoms. The zero-order valence-electron chi connectivity index (χ0n) is 16.9. The number of nitrogens with one attached hydrogen (secondary N) is 1. The van der Waals surface area contributed by atoms with Gasteiger partial charge in [-0.15, -0.1) is 0 Å². The molecule has 1 amide bonds. The van der Waals surface area contributed by atoms with Gasteiger partial charge in [-0.1, -0.05) is 60.2 Å². The summed E-state index contributed by atoms with van der Waals surface area (Å²) in [4.78, 5) is 13.1. The molecule has 1 N–H and O–H groups in total. The van der Waals surface area contributed by atoms with E-state index in [9.17, 15) is 13.2 Å². The second kappa shape index (κ2) is 8.44. The van der Waals surface area contributed by atoms with Crippen LogP contribution in [0.5, 0.6) is 0 Å². The van der Waals surface area contributed by atoms with E-state index >= 15 is 0 Å². The van der Waals surface area contributed by atoms with Gasteiger partial charge in [-0.05, 0) is 61.1 Å². The standard InChI is InChI=1S/C25H25NO3S/c1-18-7-11-20(12-8-18)24(21-15-16-21)26-25(27)22-13-9-19(10-14-22)17-30(28,29)23-5-3-2-4-6-23/h2-14,21,24H,15-17H2,1H3,(H,26,27). The number of benzene rings is 3. The zero-order valence-corrected chi connectivity index (χ0v) is 17.7. The molecule has 1 aliphatic rings. The molecule has 0 bridgehead atoms. The van der Waals surface area contributed by atoms with Crippen molar-refractivity contribution < 1.29 is 13.2 Å². The highest BCUT2D eigenvalue weighted by molar-refractivity contribution is 7.90. The van der Waals surface area contributed by atoms with Crippen molar-refractivity contribution in [1.82, 2.24) is 5.32 Å². The fraction of sp³-hybridized carbons (Fsp3) is 0.240. The molecule has 1 aliphatic carbocycles. The van der Waals surface area contributed by atoms with Gasteiger partial charge in [0.2, 0.25) is 0 Å². The summed E-state index contributed by atoms with van der Waals surface area (Å²) in [6, 6.07) is 23.5. The molecule has 1 saturated carbocycles. The van der Waals surface area contributed by atoms with Gasteiger partial charge in [0, 0.05) is 5.56 Å². The molecule has 0 heterocycles. The number of carbonyl (C=O) groups is 1. The summed E-state index contributed by atoms with van der Waals surface area (Å²) in [7, 11) is -3.41. The first-order chi connectivity index (χ1) is 14.4. The Morgan fingerprint density at radius 1 is 0.933 bits per heavy atom. The van der Waals surface area contributed by atoms with Crippen LogP contribution in [0.1, 0.15) is 45.9 Å². The van der Waals surface area contributed by atoms with Crippen LogP contribution in [0, 0.1) is 12.8 Å². The Kier molecular flexibility index (Phi) is 5.73. The molecule has 0 aromatic heterocycles. The Labute approximate surface area is 177 Å². The lowest BCUT2D eigenvalue weighted by atomic mass is 10.0.